The molecule has 0 atom stereocenters. The fourth-order valence-electron chi connectivity index (χ4n) is 3.02. The van der Waals surface area contributed by atoms with E-state index in [0.717, 1.165) is 20.9 Å². The monoisotopic (exact) mass is 395 g/mol. The molecule has 1 heterocycles. The first-order valence-corrected chi connectivity index (χ1v) is 10.1. The molecule has 137 valence electrons. The van der Waals surface area contributed by atoms with Crippen LogP contribution in [0.25, 0.3) is 30.9 Å². The molecule has 1 N–H and O–H groups in total. The minimum absolute atomic E-state index is 0.681. The zero-order valence-corrected chi connectivity index (χ0v) is 17.4. The minimum Gasteiger partial charge on any atom is -0.427 e. The van der Waals surface area contributed by atoms with Gasteiger partial charge in [0.25, 0.3) is 0 Å². The highest BCUT2D eigenvalue weighted by Gasteiger charge is 2.36. The summed E-state index contributed by atoms with van der Waals surface area (Å²) >= 11 is 8.55. The Balaban J connectivity index is 1.82. The second-order valence-electron chi connectivity index (χ2n) is 7.91. The van der Waals surface area contributed by atoms with Crippen LogP contribution in [0.5, 0.6) is 0 Å². The molecule has 2 nitrogen and oxygen atoms in total. The van der Waals surface area contributed by atoms with Gasteiger partial charge in [-0.15, -0.1) is 11.3 Å². The van der Waals surface area contributed by atoms with E-state index in [1.54, 1.807) is 32.7 Å². The maximum atomic E-state index is 10.3. The molecule has 0 saturated carbocycles. The van der Waals surface area contributed by atoms with Crippen molar-refractivity contribution >= 4 is 66.8 Å². The van der Waals surface area contributed by atoms with Gasteiger partial charge in [-0.1, -0.05) is 54.1 Å². The van der Waals surface area contributed by atoms with Crippen LogP contribution in [0.15, 0.2) is 48.5 Å². The van der Waals surface area contributed by atoms with Crippen LogP contribution in [0.3, 0.4) is 0 Å². The highest BCUT2D eigenvalue weighted by molar-refractivity contribution is 7.26. The average molecular weight is 396 g/mol. The molecule has 4 aromatic rings. The van der Waals surface area contributed by atoms with Gasteiger partial charge in [-0.05, 0) is 50.0 Å². The Labute approximate surface area is 169 Å². The van der Waals surface area contributed by atoms with E-state index in [2.05, 4.69) is 42.5 Å². The minimum atomic E-state index is -0.978. The zero-order chi connectivity index (χ0) is 19.4. The lowest BCUT2D eigenvalue weighted by molar-refractivity contribution is -0.0893. The molecule has 1 aromatic heterocycles. The lowest BCUT2D eigenvalue weighted by atomic mass is 9.82. The van der Waals surface area contributed by atoms with Gasteiger partial charge in [0.2, 0.25) is 0 Å². The normalized spacial score (nSPS) is 13.0. The molecule has 0 aliphatic heterocycles. The average Bonchev–Trinajstić information content (AvgIpc) is 3.00. The molecule has 0 amide bonds. The summed E-state index contributed by atoms with van der Waals surface area (Å²) in [5.74, 6) is 0. The van der Waals surface area contributed by atoms with Gasteiger partial charge in [0.15, 0.2) is 0 Å². The van der Waals surface area contributed by atoms with Crippen molar-refractivity contribution in [3.8, 4) is 0 Å². The van der Waals surface area contributed by atoms with Crippen LogP contribution in [0, 0.1) is 0 Å². The summed E-state index contributed by atoms with van der Waals surface area (Å²) in [5, 5.41) is 15.7. The van der Waals surface area contributed by atoms with Crippen LogP contribution in [-0.2, 0) is 4.65 Å². The van der Waals surface area contributed by atoms with Crippen LogP contribution < -0.4 is 5.46 Å². The second kappa shape index (κ2) is 6.49. The zero-order valence-electron chi connectivity index (χ0n) is 15.8. The Morgan fingerprint density at radius 1 is 0.963 bits per heavy atom. The Hall–Kier alpha value is -1.59. The first-order valence-electron chi connectivity index (χ1n) is 8.95. The number of thiophene rings is 1. The molecule has 5 heteroatoms. The number of hydrogen-bond donors (Lipinski definition) is 1. The van der Waals surface area contributed by atoms with Crippen molar-refractivity contribution in [2.24, 2.45) is 0 Å². The van der Waals surface area contributed by atoms with E-state index >= 15 is 0 Å². The molecule has 4 rings (SSSR count). The highest BCUT2D eigenvalue weighted by atomic mass is 35.5. The third-order valence-electron chi connectivity index (χ3n) is 5.45. The molecule has 0 bridgehead atoms. The molecule has 0 fully saturated rings. The molecule has 1 radical (unpaired) electrons. The van der Waals surface area contributed by atoms with Gasteiger partial charge in [-0.3, -0.25) is 0 Å². The summed E-state index contributed by atoms with van der Waals surface area (Å²) in [6.45, 7) is 7.20. The van der Waals surface area contributed by atoms with E-state index in [9.17, 15) is 5.11 Å². The molecule has 0 aliphatic carbocycles. The molecule has 0 saturated heterocycles. The van der Waals surface area contributed by atoms with Crippen LogP contribution >= 0.6 is 22.9 Å². The van der Waals surface area contributed by atoms with Crippen LogP contribution in [-0.4, -0.2) is 23.8 Å². The first-order chi connectivity index (χ1) is 12.7. The van der Waals surface area contributed by atoms with E-state index in [-0.39, 0.29) is 0 Å². The Morgan fingerprint density at radius 2 is 1.70 bits per heavy atom. The molecular formula is C22H21BClO2S. The molecule has 27 heavy (non-hydrogen) atoms. The molecular weight excluding hydrogens is 375 g/mol. The summed E-state index contributed by atoms with van der Waals surface area (Å²) in [7, 11) is 1.66. The number of aliphatic hydroxyl groups is 1. The van der Waals surface area contributed by atoms with E-state index in [1.165, 1.54) is 15.5 Å². The Kier molecular flexibility index (Phi) is 4.51. The van der Waals surface area contributed by atoms with E-state index in [1.807, 2.05) is 19.9 Å². The summed E-state index contributed by atoms with van der Waals surface area (Å²) in [6, 6.07) is 16.8. The number of halogens is 1. The van der Waals surface area contributed by atoms with Crippen molar-refractivity contribution < 1.29 is 9.76 Å². The topological polar surface area (TPSA) is 29.5 Å². The standard InChI is InChI=1S/C22H21BClO2S/c1-21(2,25)22(3,4)26-23-16-11-12-17-18(19(16)24)15-10-9-13-7-5-6-8-14(13)20(15)27-17/h5-12,25H,1-4H3. The fourth-order valence-corrected chi connectivity index (χ4v) is 4.63. The van der Waals surface area contributed by atoms with Gasteiger partial charge >= 0.3 is 7.48 Å². The quantitative estimate of drug-likeness (QED) is 0.451. The second-order valence-corrected chi connectivity index (χ2v) is 9.34. The van der Waals surface area contributed by atoms with E-state index in [0.29, 0.717) is 5.02 Å². The smallest absolute Gasteiger partial charge is 0.332 e. The fraction of sp³-hybridized carbons (Fsp3) is 0.273. The van der Waals surface area contributed by atoms with E-state index in [4.69, 9.17) is 16.3 Å². The van der Waals surface area contributed by atoms with Crippen molar-refractivity contribution in [2.45, 2.75) is 38.9 Å². The summed E-state index contributed by atoms with van der Waals surface area (Å²) in [6.07, 6.45) is 0. The molecule has 0 aliphatic rings. The molecule has 0 spiro atoms. The van der Waals surface area contributed by atoms with Crippen molar-refractivity contribution in [3.05, 3.63) is 53.6 Å². The van der Waals surface area contributed by atoms with Gasteiger partial charge in [-0.25, -0.2) is 0 Å². The van der Waals surface area contributed by atoms with Crippen molar-refractivity contribution in [2.75, 3.05) is 0 Å². The SMILES string of the molecule is CC(C)(O)C(C)(C)O[B]c1ccc2sc3c4ccccc4ccc3c2c1Cl. The van der Waals surface area contributed by atoms with Gasteiger partial charge in [0.1, 0.15) is 0 Å². The van der Waals surface area contributed by atoms with Gasteiger partial charge in [0, 0.05) is 25.2 Å². The van der Waals surface area contributed by atoms with Crippen molar-refractivity contribution in [1.82, 2.24) is 0 Å². The van der Waals surface area contributed by atoms with Crippen LogP contribution in [0.1, 0.15) is 27.7 Å². The van der Waals surface area contributed by atoms with E-state index < -0.39 is 11.2 Å². The maximum absolute atomic E-state index is 10.3. The largest absolute Gasteiger partial charge is 0.427 e. The number of benzene rings is 3. The van der Waals surface area contributed by atoms with Gasteiger partial charge in [-0.2, -0.15) is 0 Å². The first kappa shape index (κ1) is 18.8. The molecule has 3 aromatic carbocycles. The summed E-state index contributed by atoms with van der Waals surface area (Å²) in [5.41, 5.74) is -0.902. The predicted molar refractivity (Wildman–Crippen MR) is 119 cm³/mol. The third-order valence-corrected chi connectivity index (χ3v) is 7.06. The number of fused-ring (bicyclic) bond motifs is 5. The lowest BCUT2D eigenvalue weighted by Crippen LogP contribution is -2.49. The van der Waals surface area contributed by atoms with Crippen LogP contribution in [0.4, 0.5) is 0 Å². The van der Waals surface area contributed by atoms with Gasteiger partial charge in [0.05, 0.1) is 11.2 Å². The maximum Gasteiger partial charge on any atom is 0.332 e. The third kappa shape index (κ3) is 3.15. The highest BCUT2D eigenvalue weighted by Crippen LogP contribution is 2.40. The number of hydrogen-bond acceptors (Lipinski definition) is 3. The number of rotatable bonds is 4. The summed E-state index contributed by atoms with van der Waals surface area (Å²) in [4.78, 5) is 0. The van der Waals surface area contributed by atoms with Crippen molar-refractivity contribution in [3.63, 3.8) is 0 Å². The Morgan fingerprint density at radius 3 is 2.44 bits per heavy atom. The summed E-state index contributed by atoms with van der Waals surface area (Å²) < 4.78 is 8.32. The van der Waals surface area contributed by atoms with Crippen LogP contribution in [0.2, 0.25) is 5.02 Å². The Bertz CT molecular complexity index is 1160. The predicted octanol–water partition coefficient (Wildman–Crippen LogP) is 5.67. The van der Waals surface area contributed by atoms with Gasteiger partial charge < -0.3 is 9.76 Å². The molecule has 0 unspecified atom stereocenters. The lowest BCUT2D eigenvalue weighted by Gasteiger charge is -2.37. The van der Waals surface area contributed by atoms with Crippen molar-refractivity contribution in [1.29, 1.82) is 0 Å².